The van der Waals surface area contributed by atoms with E-state index in [1.54, 1.807) is 4.68 Å². The van der Waals surface area contributed by atoms with Crippen LogP contribution >= 0.6 is 0 Å². The second-order valence-electron chi connectivity index (χ2n) is 4.10. The normalized spacial score (nSPS) is 10.3. The molecule has 88 valence electrons. The number of aromatic nitrogens is 2. The van der Waals surface area contributed by atoms with E-state index < -0.39 is 0 Å². The molecule has 0 aliphatic heterocycles. The lowest BCUT2D eigenvalue weighted by Gasteiger charge is -2.07. The van der Waals surface area contributed by atoms with E-state index in [-0.39, 0.29) is 5.91 Å². The Kier molecular flexibility index (Phi) is 2.95. The largest absolute Gasteiger partial charge is 0.311 e. The van der Waals surface area contributed by atoms with Crippen LogP contribution in [0, 0.1) is 13.8 Å². The number of benzene rings is 1. The minimum absolute atomic E-state index is 0.0983. The van der Waals surface area contributed by atoms with E-state index in [1.165, 1.54) is 6.92 Å². The van der Waals surface area contributed by atoms with Crippen LogP contribution in [0.1, 0.15) is 18.2 Å². The molecule has 1 heterocycles. The third-order valence-corrected chi connectivity index (χ3v) is 2.38. The molecule has 0 spiro atoms. The Morgan fingerprint density at radius 3 is 2.71 bits per heavy atom. The SMILES string of the molecule is CC(=O)Nc1cc(C)nn1-c1cccc(C)c1. The first-order valence-corrected chi connectivity index (χ1v) is 5.47. The molecular formula is C13H15N3O. The number of hydrogen-bond acceptors (Lipinski definition) is 2. The van der Waals surface area contributed by atoms with E-state index in [0.29, 0.717) is 5.82 Å². The van der Waals surface area contributed by atoms with E-state index in [9.17, 15) is 4.79 Å². The monoisotopic (exact) mass is 229 g/mol. The number of amides is 1. The third-order valence-electron chi connectivity index (χ3n) is 2.38. The van der Waals surface area contributed by atoms with Gasteiger partial charge in [0.1, 0.15) is 5.82 Å². The zero-order chi connectivity index (χ0) is 12.4. The summed E-state index contributed by atoms with van der Waals surface area (Å²) in [6, 6.07) is 9.84. The lowest BCUT2D eigenvalue weighted by molar-refractivity contribution is -0.114. The van der Waals surface area contributed by atoms with Crippen molar-refractivity contribution < 1.29 is 4.79 Å². The molecular weight excluding hydrogens is 214 g/mol. The Balaban J connectivity index is 2.47. The van der Waals surface area contributed by atoms with Gasteiger partial charge in [-0.2, -0.15) is 5.10 Å². The van der Waals surface area contributed by atoms with Gasteiger partial charge in [-0.3, -0.25) is 4.79 Å². The molecule has 4 heteroatoms. The zero-order valence-corrected chi connectivity index (χ0v) is 10.2. The van der Waals surface area contributed by atoms with Crippen LogP contribution in [0.25, 0.3) is 5.69 Å². The highest BCUT2D eigenvalue weighted by molar-refractivity contribution is 5.88. The zero-order valence-electron chi connectivity index (χ0n) is 10.2. The highest BCUT2D eigenvalue weighted by atomic mass is 16.1. The van der Waals surface area contributed by atoms with Gasteiger partial charge >= 0.3 is 0 Å². The van der Waals surface area contributed by atoms with Gasteiger partial charge in [0, 0.05) is 13.0 Å². The molecule has 4 nitrogen and oxygen atoms in total. The molecule has 1 aromatic carbocycles. The number of nitrogens with one attached hydrogen (secondary N) is 1. The molecule has 0 atom stereocenters. The van der Waals surface area contributed by atoms with Crippen molar-refractivity contribution >= 4 is 11.7 Å². The first kappa shape index (κ1) is 11.4. The van der Waals surface area contributed by atoms with Crippen LogP contribution < -0.4 is 5.32 Å². The van der Waals surface area contributed by atoms with Gasteiger partial charge in [0.25, 0.3) is 0 Å². The van der Waals surface area contributed by atoms with Crippen LogP contribution in [0.5, 0.6) is 0 Å². The summed E-state index contributed by atoms with van der Waals surface area (Å²) in [5, 5.41) is 7.15. The lowest BCUT2D eigenvalue weighted by atomic mass is 10.2. The second kappa shape index (κ2) is 4.41. The fourth-order valence-corrected chi connectivity index (χ4v) is 1.73. The Morgan fingerprint density at radius 1 is 1.29 bits per heavy atom. The average molecular weight is 229 g/mol. The maximum absolute atomic E-state index is 11.1. The topological polar surface area (TPSA) is 46.9 Å². The molecule has 0 saturated carbocycles. The Bertz CT molecular complexity index is 558. The third kappa shape index (κ3) is 2.53. The molecule has 2 aromatic rings. The summed E-state index contributed by atoms with van der Waals surface area (Å²) in [7, 11) is 0. The van der Waals surface area contributed by atoms with E-state index in [1.807, 2.05) is 44.2 Å². The van der Waals surface area contributed by atoms with E-state index >= 15 is 0 Å². The van der Waals surface area contributed by atoms with Crippen LogP contribution in [-0.4, -0.2) is 15.7 Å². The molecule has 17 heavy (non-hydrogen) atoms. The quantitative estimate of drug-likeness (QED) is 0.859. The van der Waals surface area contributed by atoms with Crippen LogP contribution in [0.2, 0.25) is 0 Å². The Labute approximate surface area is 100 Å². The van der Waals surface area contributed by atoms with Crippen LogP contribution in [0.4, 0.5) is 5.82 Å². The summed E-state index contributed by atoms with van der Waals surface area (Å²) in [6.07, 6.45) is 0. The molecule has 0 aliphatic carbocycles. The lowest BCUT2D eigenvalue weighted by Crippen LogP contribution is -2.11. The number of rotatable bonds is 2. The Hall–Kier alpha value is -2.10. The summed E-state index contributed by atoms with van der Waals surface area (Å²) < 4.78 is 1.74. The molecule has 1 amide bonds. The minimum atomic E-state index is -0.0983. The van der Waals surface area contributed by atoms with Crippen molar-refractivity contribution in [1.82, 2.24) is 9.78 Å². The molecule has 0 radical (unpaired) electrons. The molecule has 0 aliphatic rings. The van der Waals surface area contributed by atoms with Gasteiger partial charge in [-0.15, -0.1) is 0 Å². The highest BCUT2D eigenvalue weighted by Crippen LogP contribution is 2.17. The fraction of sp³-hybridized carbons (Fsp3) is 0.231. The maximum Gasteiger partial charge on any atom is 0.222 e. The minimum Gasteiger partial charge on any atom is -0.311 e. The highest BCUT2D eigenvalue weighted by Gasteiger charge is 2.08. The molecule has 1 aromatic heterocycles. The summed E-state index contributed by atoms with van der Waals surface area (Å²) in [4.78, 5) is 11.1. The van der Waals surface area contributed by atoms with E-state index in [2.05, 4.69) is 10.4 Å². The number of aryl methyl sites for hydroxylation is 2. The van der Waals surface area contributed by atoms with Gasteiger partial charge in [-0.25, -0.2) is 4.68 Å². The maximum atomic E-state index is 11.1. The molecule has 1 N–H and O–H groups in total. The van der Waals surface area contributed by atoms with Gasteiger partial charge in [-0.05, 0) is 31.5 Å². The summed E-state index contributed by atoms with van der Waals surface area (Å²) >= 11 is 0. The summed E-state index contributed by atoms with van der Waals surface area (Å²) in [5.74, 6) is 0.597. The van der Waals surface area contributed by atoms with Gasteiger partial charge in [0.2, 0.25) is 5.91 Å². The van der Waals surface area contributed by atoms with Crippen LogP contribution in [-0.2, 0) is 4.79 Å². The average Bonchev–Trinajstić information content (AvgIpc) is 2.58. The van der Waals surface area contributed by atoms with Crippen molar-refractivity contribution in [3.05, 3.63) is 41.6 Å². The predicted octanol–water partition coefficient (Wildman–Crippen LogP) is 2.45. The molecule has 0 bridgehead atoms. The number of anilines is 1. The number of hydrogen-bond donors (Lipinski definition) is 1. The molecule has 0 fully saturated rings. The number of nitrogens with zero attached hydrogens (tertiary/aromatic N) is 2. The van der Waals surface area contributed by atoms with Gasteiger partial charge in [0.15, 0.2) is 0 Å². The molecule has 0 saturated heterocycles. The van der Waals surface area contributed by atoms with Crippen LogP contribution in [0.15, 0.2) is 30.3 Å². The van der Waals surface area contributed by atoms with Crippen LogP contribution in [0.3, 0.4) is 0 Å². The predicted molar refractivity (Wildman–Crippen MR) is 67.3 cm³/mol. The van der Waals surface area contributed by atoms with E-state index in [4.69, 9.17) is 0 Å². The van der Waals surface area contributed by atoms with Crippen molar-refractivity contribution in [2.75, 3.05) is 5.32 Å². The standard InChI is InChI=1S/C13H15N3O/c1-9-5-4-6-12(7-9)16-13(14-11(3)17)8-10(2)15-16/h4-8H,1-3H3,(H,14,17). The Morgan fingerprint density at radius 2 is 2.06 bits per heavy atom. The molecule has 0 unspecified atom stereocenters. The van der Waals surface area contributed by atoms with Gasteiger partial charge < -0.3 is 5.32 Å². The van der Waals surface area contributed by atoms with Gasteiger partial charge in [-0.1, -0.05) is 12.1 Å². The van der Waals surface area contributed by atoms with Crippen molar-refractivity contribution in [2.24, 2.45) is 0 Å². The number of carbonyl (C=O) groups excluding carboxylic acids is 1. The van der Waals surface area contributed by atoms with Crippen molar-refractivity contribution in [1.29, 1.82) is 0 Å². The van der Waals surface area contributed by atoms with E-state index in [0.717, 1.165) is 16.9 Å². The number of carbonyl (C=O) groups is 1. The molecule has 2 rings (SSSR count). The fourth-order valence-electron chi connectivity index (χ4n) is 1.73. The van der Waals surface area contributed by atoms with Crippen molar-refractivity contribution in [2.45, 2.75) is 20.8 Å². The first-order chi connectivity index (χ1) is 8.06. The summed E-state index contributed by atoms with van der Waals surface area (Å²) in [5.41, 5.74) is 2.97. The van der Waals surface area contributed by atoms with Crippen molar-refractivity contribution in [3.63, 3.8) is 0 Å². The first-order valence-electron chi connectivity index (χ1n) is 5.47. The second-order valence-corrected chi connectivity index (χ2v) is 4.10. The smallest absolute Gasteiger partial charge is 0.222 e. The summed E-state index contributed by atoms with van der Waals surface area (Å²) in [6.45, 7) is 5.42. The van der Waals surface area contributed by atoms with Crippen molar-refractivity contribution in [3.8, 4) is 5.69 Å². The van der Waals surface area contributed by atoms with Gasteiger partial charge in [0.05, 0.1) is 11.4 Å².